The van der Waals surface area contributed by atoms with Gasteiger partial charge in [-0.3, -0.25) is 9.59 Å². The van der Waals surface area contributed by atoms with Crippen molar-refractivity contribution in [1.29, 1.82) is 0 Å². The van der Waals surface area contributed by atoms with Gasteiger partial charge >= 0.3 is 6.09 Å². The number of carbonyl (C=O) groups is 3. The molecule has 37 heavy (non-hydrogen) atoms. The van der Waals surface area contributed by atoms with E-state index in [1.807, 2.05) is 84.9 Å². The summed E-state index contributed by atoms with van der Waals surface area (Å²) < 4.78 is 11.1. The Morgan fingerprint density at radius 2 is 1.38 bits per heavy atom. The van der Waals surface area contributed by atoms with Crippen LogP contribution in [-0.2, 0) is 34.0 Å². The van der Waals surface area contributed by atoms with Crippen LogP contribution in [0.1, 0.15) is 30.5 Å². The first-order valence-corrected chi connectivity index (χ1v) is 12.1. The monoisotopic (exact) mass is 503 g/mol. The fourth-order valence-corrected chi connectivity index (χ4v) is 3.65. The quantitative estimate of drug-likeness (QED) is 0.348. The summed E-state index contributed by atoms with van der Waals surface area (Å²) in [7, 11) is 0. The van der Waals surface area contributed by atoms with E-state index in [0.717, 1.165) is 16.7 Å². The molecule has 0 fully saturated rings. The average molecular weight is 504 g/mol. The highest BCUT2D eigenvalue weighted by Crippen LogP contribution is 2.17. The summed E-state index contributed by atoms with van der Waals surface area (Å²) in [4.78, 5) is 37.5. The molecule has 0 aliphatic rings. The predicted octanol–water partition coefficient (Wildman–Crippen LogP) is 3.73. The van der Waals surface area contributed by atoms with Crippen LogP contribution in [0.2, 0.25) is 0 Å². The van der Waals surface area contributed by atoms with Gasteiger partial charge in [0.15, 0.2) is 0 Å². The first kappa shape index (κ1) is 27.3. The van der Waals surface area contributed by atoms with E-state index in [1.165, 1.54) is 0 Å². The van der Waals surface area contributed by atoms with Gasteiger partial charge in [0.2, 0.25) is 11.8 Å². The van der Waals surface area contributed by atoms with Crippen molar-refractivity contribution in [2.24, 2.45) is 11.7 Å². The first-order chi connectivity index (χ1) is 17.8. The van der Waals surface area contributed by atoms with Crippen molar-refractivity contribution in [3.8, 4) is 5.75 Å². The van der Waals surface area contributed by atoms with Crippen LogP contribution in [0.3, 0.4) is 0 Å². The standard InChI is InChI=1S/C29H33N3O5/c1-20(2)26(32-29(35)37-19-22-12-7-4-8-13-22)28(34)31-25(27(30)33)17-23-14-9-15-24(16-23)36-18-21-10-5-3-6-11-21/h3-16,20,25-26H,17-19H2,1-2H3,(H2,30,33)(H,31,34)(H,32,35)/t25-,26+/m1/s1. The van der Waals surface area contributed by atoms with E-state index in [2.05, 4.69) is 10.6 Å². The maximum Gasteiger partial charge on any atom is 0.408 e. The molecule has 3 rings (SSSR count). The Hall–Kier alpha value is -4.33. The number of carbonyl (C=O) groups excluding carboxylic acids is 3. The maximum absolute atomic E-state index is 13.0. The molecule has 8 heteroatoms. The third kappa shape index (κ3) is 9.00. The van der Waals surface area contributed by atoms with E-state index in [0.29, 0.717) is 12.4 Å². The number of primary amides is 1. The number of alkyl carbamates (subject to hydrolysis) is 1. The molecule has 4 N–H and O–H groups in total. The topological polar surface area (TPSA) is 120 Å². The van der Waals surface area contributed by atoms with Gasteiger partial charge in [0, 0.05) is 6.42 Å². The minimum absolute atomic E-state index is 0.0751. The minimum Gasteiger partial charge on any atom is -0.489 e. The third-order valence-electron chi connectivity index (χ3n) is 5.68. The molecule has 3 aromatic carbocycles. The zero-order valence-electron chi connectivity index (χ0n) is 21.1. The van der Waals surface area contributed by atoms with E-state index < -0.39 is 30.0 Å². The van der Waals surface area contributed by atoms with Crippen molar-refractivity contribution in [3.63, 3.8) is 0 Å². The predicted molar refractivity (Wildman–Crippen MR) is 140 cm³/mol. The Balaban J connectivity index is 1.58. The number of ether oxygens (including phenoxy) is 2. The van der Waals surface area contributed by atoms with E-state index in [4.69, 9.17) is 15.2 Å². The fraction of sp³-hybridized carbons (Fsp3) is 0.276. The van der Waals surface area contributed by atoms with Gasteiger partial charge in [-0.1, -0.05) is 86.6 Å². The molecule has 0 radical (unpaired) electrons. The van der Waals surface area contributed by atoms with Crippen molar-refractivity contribution >= 4 is 17.9 Å². The second kappa shape index (κ2) is 13.7. The molecule has 0 aliphatic heterocycles. The van der Waals surface area contributed by atoms with Crippen LogP contribution in [0.15, 0.2) is 84.9 Å². The molecule has 0 saturated carbocycles. The molecule has 3 aromatic rings. The molecule has 0 saturated heterocycles. The third-order valence-corrected chi connectivity index (χ3v) is 5.68. The van der Waals surface area contributed by atoms with E-state index >= 15 is 0 Å². The number of hydrogen-bond acceptors (Lipinski definition) is 5. The Morgan fingerprint density at radius 3 is 1.97 bits per heavy atom. The highest BCUT2D eigenvalue weighted by atomic mass is 16.5. The van der Waals surface area contributed by atoms with Crippen LogP contribution in [0.5, 0.6) is 5.75 Å². The van der Waals surface area contributed by atoms with Gasteiger partial charge in [0.25, 0.3) is 0 Å². The Morgan fingerprint density at radius 1 is 0.784 bits per heavy atom. The number of nitrogens with one attached hydrogen (secondary N) is 2. The lowest BCUT2D eigenvalue weighted by atomic mass is 10.0. The SMILES string of the molecule is CC(C)[C@H](NC(=O)OCc1ccccc1)C(=O)N[C@H](Cc1cccc(OCc2ccccc2)c1)C(N)=O. The summed E-state index contributed by atoms with van der Waals surface area (Å²) in [6.45, 7) is 4.05. The van der Waals surface area contributed by atoms with Crippen molar-refractivity contribution in [2.75, 3.05) is 0 Å². The second-order valence-corrected chi connectivity index (χ2v) is 9.02. The molecule has 8 nitrogen and oxygen atoms in total. The van der Waals surface area contributed by atoms with Crippen LogP contribution in [0.4, 0.5) is 4.79 Å². The lowest BCUT2D eigenvalue weighted by Gasteiger charge is -2.24. The number of nitrogens with two attached hydrogens (primary N) is 1. The molecule has 0 aromatic heterocycles. The zero-order valence-corrected chi connectivity index (χ0v) is 21.1. The van der Waals surface area contributed by atoms with Crippen molar-refractivity contribution in [1.82, 2.24) is 10.6 Å². The van der Waals surface area contributed by atoms with Crippen LogP contribution in [-0.4, -0.2) is 30.0 Å². The molecule has 0 aliphatic carbocycles. The normalized spacial score (nSPS) is 12.3. The largest absolute Gasteiger partial charge is 0.489 e. The lowest BCUT2D eigenvalue weighted by molar-refractivity contribution is -0.129. The number of amides is 3. The summed E-state index contributed by atoms with van der Waals surface area (Å²) in [5.74, 6) is -0.823. The van der Waals surface area contributed by atoms with Crippen LogP contribution >= 0.6 is 0 Å². The Labute approximate surface area is 217 Å². The number of rotatable bonds is 12. The molecule has 0 heterocycles. The fourth-order valence-electron chi connectivity index (χ4n) is 3.65. The highest BCUT2D eigenvalue weighted by molar-refractivity contribution is 5.91. The van der Waals surface area contributed by atoms with E-state index in [-0.39, 0.29) is 18.9 Å². The maximum atomic E-state index is 13.0. The molecule has 0 spiro atoms. The van der Waals surface area contributed by atoms with Crippen molar-refractivity contribution in [3.05, 3.63) is 102 Å². The lowest BCUT2D eigenvalue weighted by Crippen LogP contribution is -2.55. The zero-order chi connectivity index (χ0) is 26.6. The number of hydrogen-bond donors (Lipinski definition) is 3. The molecule has 0 unspecified atom stereocenters. The van der Waals surface area contributed by atoms with Crippen LogP contribution < -0.4 is 21.1 Å². The molecule has 0 bridgehead atoms. The van der Waals surface area contributed by atoms with Crippen molar-refractivity contribution in [2.45, 2.75) is 45.6 Å². The first-order valence-electron chi connectivity index (χ1n) is 12.1. The number of benzene rings is 3. The summed E-state index contributed by atoms with van der Waals surface area (Å²) in [6, 6.07) is 24.4. The van der Waals surface area contributed by atoms with Gasteiger partial charge < -0.3 is 25.8 Å². The highest BCUT2D eigenvalue weighted by Gasteiger charge is 2.28. The van der Waals surface area contributed by atoms with Gasteiger partial charge in [-0.2, -0.15) is 0 Å². The molecule has 3 amide bonds. The molecule has 2 atom stereocenters. The summed E-state index contributed by atoms with van der Waals surface area (Å²) in [5.41, 5.74) is 8.23. The summed E-state index contributed by atoms with van der Waals surface area (Å²) >= 11 is 0. The molecular formula is C29H33N3O5. The average Bonchev–Trinajstić information content (AvgIpc) is 2.90. The van der Waals surface area contributed by atoms with Gasteiger partial charge in [-0.25, -0.2) is 4.79 Å². The molecule has 194 valence electrons. The van der Waals surface area contributed by atoms with Gasteiger partial charge in [0.05, 0.1) is 0 Å². The van der Waals surface area contributed by atoms with E-state index in [9.17, 15) is 14.4 Å². The van der Waals surface area contributed by atoms with Crippen LogP contribution in [0.25, 0.3) is 0 Å². The van der Waals surface area contributed by atoms with Crippen LogP contribution in [0, 0.1) is 5.92 Å². The van der Waals surface area contributed by atoms with Gasteiger partial charge in [-0.15, -0.1) is 0 Å². The Bertz CT molecular complexity index is 1170. The van der Waals surface area contributed by atoms with Gasteiger partial charge in [-0.05, 0) is 34.7 Å². The van der Waals surface area contributed by atoms with E-state index in [1.54, 1.807) is 13.8 Å². The second-order valence-electron chi connectivity index (χ2n) is 9.02. The van der Waals surface area contributed by atoms with Gasteiger partial charge in [0.1, 0.15) is 31.0 Å². The molecular weight excluding hydrogens is 470 g/mol. The Kier molecular flexibility index (Phi) is 10.1. The van der Waals surface area contributed by atoms with Crippen molar-refractivity contribution < 1.29 is 23.9 Å². The minimum atomic E-state index is -0.972. The summed E-state index contributed by atoms with van der Waals surface area (Å²) in [6.07, 6.45) is -0.552. The summed E-state index contributed by atoms with van der Waals surface area (Å²) in [5, 5.41) is 5.27. The smallest absolute Gasteiger partial charge is 0.408 e.